The van der Waals surface area contributed by atoms with Gasteiger partial charge in [0.1, 0.15) is 11.6 Å². The summed E-state index contributed by atoms with van der Waals surface area (Å²) >= 11 is 0. The minimum absolute atomic E-state index is 0.155. The number of rotatable bonds is 7. The van der Waals surface area contributed by atoms with E-state index in [1.165, 1.54) is 6.07 Å². The first-order valence-corrected chi connectivity index (χ1v) is 10.1. The van der Waals surface area contributed by atoms with Gasteiger partial charge in [-0.25, -0.2) is 4.98 Å². The molecule has 31 heavy (non-hydrogen) atoms. The number of aromatic amines is 2. The van der Waals surface area contributed by atoms with Crippen LogP contribution >= 0.6 is 0 Å². The average Bonchev–Trinajstić information content (AvgIpc) is 3.15. The molecule has 2 heterocycles. The highest BCUT2D eigenvalue weighted by atomic mass is 16.5. The zero-order chi connectivity index (χ0) is 21.8. The minimum Gasteiger partial charge on any atom is -0.497 e. The fourth-order valence-corrected chi connectivity index (χ4v) is 3.74. The highest BCUT2D eigenvalue weighted by Crippen LogP contribution is 2.24. The van der Waals surface area contributed by atoms with Crippen LogP contribution in [-0.2, 0) is 17.6 Å². The maximum atomic E-state index is 12.9. The Morgan fingerprint density at radius 2 is 2.00 bits per heavy atom. The van der Waals surface area contributed by atoms with Crippen LogP contribution in [0.25, 0.3) is 10.9 Å². The number of ether oxygens (including phenoxy) is 1. The highest BCUT2D eigenvalue weighted by Gasteiger charge is 2.20. The second-order valence-electron chi connectivity index (χ2n) is 7.47. The molecule has 0 spiro atoms. The molecule has 0 aliphatic heterocycles. The number of benzene rings is 2. The first-order chi connectivity index (χ1) is 15.0. The molecular formula is C24H24N4O3. The molecule has 1 atom stereocenters. The van der Waals surface area contributed by atoms with Gasteiger partial charge in [0.2, 0.25) is 5.91 Å². The molecule has 3 N–H and O–H groups in total. The molecule has 0 saturated heterocycles. The van der Waals surface area contributed by atoms with Crippen LogP contribution < -0.4 is 15.6 Å². The van der Waals surface area contributed by atoms with E-state index in [0.717, 1.165) is 22.0 Å². The molecule has 158 valence electrons. The van der Waals surface area contributed by atoms with Gasteiger partial charge >= 0.3 is 0 Å². The monoisotopic (exact) mass is 416 g/mol. The van der Waals surface area contributed by atoms with Crippen molar-refractivity contribution in [2.45, 2.75) is 25.8 Å². The number of hydrogen-bond acceptors (Lipinski definition) is 4. The van der Waals surface area contributed by atoms with Gasteiger partial charge in [-0.1, -0.05) is 30.3 Å². The molecule has 0 unspecified atom stereocenters. The first-order valence-electron chi connectivity index (χ1n) is 10.1. The average molecular weight is 416 g/mol. The number of aromatic nitrogens is 3. The van der Waals surface area contributed by atoms with E-state index in [-0.39, 0.29) is 17.9 Å². The molecule has 2 aromatic carbocycles. The van der Waals surface area contributed by atoms with Crippen molar-refractivity contribution in [1.29, 1.82) is 0 Å². The second-order valence-corrected chi connectivity index (χ2v) is 7.47. The lowest BCUT2D eigenvalue weighted by molar-refractivity contribution is -0.121. The number of methoxy groups -OCH3 is 1. The number of carbonyl (C=O) groups excluding carboxylic acids is 1. The van der Waals surface area contributed by atoms with Crippen molar-refractivity contribution in [2.24, 2.45) is 0 Å². The Morgan fingerprint density at radius 3 is 2.81 bits per heavy atom. The lowest BCUT2D eigenvalue weighted by Gasteiger charge is -2.19. The van der Waals surface area contributed by atoms with E-state index in [2.05, 4.69) is 20.3 Å². The van der Waals surface area contributed by atoms with Gasteiger partial charge in [0.25, 0.3) is 5.56 Å². The Bertz CT molecular complexity index is 1280. The number of nitrogens with one attached hydrogen (secondary N) is 3. The van der Waals surface area contributed by atoms with Crippen molar-refractivity contribution in [3.63, 3.8) is 0 Å². The lowest BCUT2D eigenvalue weighted by atomic mass is 10.0. The summed E-state index contributed by atoms with van der Waals surface area (Å²) < 4.78 is 5.24. The van der Waals surface area contributed by atoms with Crippen LogP contribution in [0.5, 0.6) is 5.75 Å². The van der Waals surface area contributed by atoms with Gasteiger partial charge < -0.3 is 20.0 Å². The predicted octanol–water partition coefficient (Wildman–Crippen LogP) is 3.21. The number of fused-ring (bicyclic) bond motifs is 1. The summed E-state index contributed by atoms with van der Waals surface area (Å²) in [5.74, 6) is 1.05. The summed E-state index contributed by atoms with van der Waals surface area (Å²) in [7, 11) is 1.59. The third-order valence-electron chi connectivity index (χ3n) is 5.17. The van der Waals surface area contributed by atoms with Crippen molar-refractivity contribution < 1.29 is 9.53 Å². The van der Waals surface area contributed by atoms with Crippen LogP contribution in [0, 0.1) is 6.92 Å². The number of carbonyl (C=O) groups is 1. The van der Waals surface area contributed by atoms with Crippen LogP contribution in [0.15, 0.2) is 65.6 Å². The molecule has 0 radical (unpaired) electrons. The van der Waals surface area contributed by atoms with Gasteiger partial charge in [-0.2, -0.15) is 0 Å². The second kappa shape index (κ2) is 8.87. The van der Waals surface area contributed by atoms with Crippen LogP contribution in [0.1, 0.15) is 28.7 Å². The Morgan fingerprint density at radius 1 is 1.16 bits per heavy atom. The maximum absolute atomic E-state index is 12.9. The Kier molecular flexibility index (Phi) is 5.84. The molecule has 7 nitrogen and oxygen atoms in total. The number of nitrogens with zero attached hydrogens (tertiary/aromatic N) is 1. The molecular weight excluding hydrogens is 392 g/mol. The standard InChI is InChI=1S/C24H24N4O3/c1-15-26-22(13-24(30)27-15)21(12-17-14-25-20-9-4-3-8-19(17)20)28-23(29)11-16-6-5-7-18(10-16)31-2/h3-10,13-14,21,25H,11-12H2,1-2H3,(H,28,29)(H,26,27,30)/t21-/m0/s1. The largest absolute Gasteiger partial charge is 0.497 e. The number of H-pyrrole nitrogens is 2. The van der Waals surface area contributed by atoms with Crippen molar-refractivity contribution in [3.8, 4) is 5.75 Å². The van der Waals surface area contributed by atoms with Gasteiger partial charge in [0.05, 0.1) is 25.3 Å². The third-order valence-corrected chi connectivity index (χ3v) is 5.17. The van der Waals surface area contributed by atoms with Crippen LogP contribution in [0.2, 0.25) is 0 Å². The zero-order valence-corrected chi connectivity index (χ0v) is 17.4. The van der Waals surface area contributed by atoms with Gasteiger partial charge in [0.15, 0.2) is 0 Å². The first kappa shape index (κ1) is 20.4. The molecule has 0 bridgehead atoms. The predicted molar refractivity (Wildman–Crippen MR) is 119 cm³/mol. The Balaban J connectivity index is 1.61. The Hall–Kier alpha value is -3.87. The fourth-order valence-electron chi connectivity index (χ4n) is 3.74. The van der Waals surface area contributed by atoms with Gasteiger partial charge in [-0.05, 0) is 36.2 Å². The third kappa shape index (κ3) is 4.83. The normalized spacial score (nSPS) is 11.9. The molecule has 0 aliphatic carbocycles. The van der Waals surface area contributed by atoms with Gasteiger partial charge in [-0.15, -0.1) is 0 Å². The van der Waals surface area contributed by atoms with Crippen molar-refractivity contribution in [2.75, 3.05) is 7.11 Å². The molecule has 0 fully saturated rings. The summed E-state index contributed by atoms with van der Waals surface area (Å²) in [6, 6.07) is 16.4. The molecule has 1 amide bonds. The summed E-state index contributed by atoms with van der Waals surface area (Å²) in [6.45, 7) is 1.73. The van der Waals surface area contributed by atoms with E-state index < -0.39 is 6.04 Å². The van der Waals surface area contributed by atoms with E-state index in [4.69, 9.17) is 4.74 Å². The molecule has 0 saturated carbocycles. The Labute approximate surface area is 179 Å². The highest BCUT2D eigenvalue weighted by molar-refractivity contribution is 5.83. The van der Waals surface area contributed by atoms with Crippen molar-refractivity contribution in [1.82, 2.24) is 20.3 Å². The summed E-state index contributed by atoms with van der Waals surface area (Å²) in [5.41, 5.74) is 3.20. The van der Waals surface area contributed by atoms with Gasteiger partial charge in [-0.3, -0.25) is 9.59 Å². The lowest BCUT2D eigenvalue weighted by Crippen LogP contribution is -2.32. The van der Waals surface area contributed by atoms with Crippen LogP contribution in [0.4, 0.5) is 0 Å². The van der Waals surface area contributed by atoms with Crippen molar-refractivity contribution in [3.05, 3.63) is 93.8 Å². The summed E-state index contributed by atoms with van der Waals surface area (Å²) in [6.07, 6.45) is 2.64. The van der Waals surface area contributed by atoms with Crippen LogP contribution in [0.3, 0.4) is 0 Å². The van der Waals surface area contributed by atoms with E-state index in [0.29, 0.717) is 23.7 Å². The van der Waals surface area contributed by atoms with Crippen molar-refractivity contribution >= 4 is 16.8 Å². The summed E-state index contributed by atoms with van der Waals surface area (Å²) in [4.78, 5) is 35.3. The summed E-state index contributed by atoms with van der Waals surface area (Å²) in [5, 5.41) is 4.15. The maximum Gasteiger partial charge on any atom is 0.251 e. The topological polar surface area (TPSA) is 99.9 Å². The molecule has 7 heteroatoms. The molecule has 4 rings (SSSR count). The number of amides is 1. The van der Waals surface area contributed by atoms with E-state index in [1.807, 2.05) is 54.7 Å². The van der Waals surface area contributed by atoms with E-state index in [9.17, 15) is 9.59 Å². The quantitative estimate of drug-likeness (QED) is 0.431. The van der Waals surface area contributed by atoms with E-state index in [1.54, 1.807) is 14.0 Å². The zero-order valence-electron chi connectivity index (χ0n) is 17.4. The molecule has 2 aromatic heterocycles. The number of para-hydroxylation sites is 1. The minimum atomic E-state index is -0.446. The number of aryl methyl sites for hydroxylation is 1. The van der Waals surface area contributed by atoms with Crippen LogP contribution in [-0.4, -0.2) is 28.0 Å². The molecule has 4 aromatic rings. The number of hydrogen-bond donors (Lipinski definition) is 3. The fraction of sp³-hybridized carbons (Fsp3) is 0.208. The van der Waals surface area contributed by atoms with E-state index >= 15 is 0 Å². The van der Waals surface area contributed by atoms with Gasteiger partial charge in [0, 0.05) is 29.6 Å². The smallest absolute Gasteiger partial charge is 0.251 e. The SMILES string of the molecule is COc1cccc(CC(=O)N[C@@H](Cc2c[nH]c3ccccc23)c2cc(=O)[nH]c(C)n2)c1. The molecule has 0 aliphatic rings.